The Morgan fingerprint density at radius 1 is 0.404 bits per heavy atom. The van der Waals surface area contributed by atoms with Gasteiger partial charge < -0.3 is 0 Å². The van der Waals surface area contributed by atoms with E-state index in [0.29, 0.717) is 0 Å². The van der Waals surface area contributed by atoms with Gasteiger partial charge in [0.15, 0.2) is 0 Å². The van der Waals surface area contributed by atoms with Gasteiger partial charge in [0, 0.05) is 5.41 Å². The minimum atomic E-state index is -0.0276. The van der Waals surface area contributed by atoms with Crippen LogP contribution < -0.4 is 0 Å². The summed E-state index contributed by atoms with van der Waals surface area (Å²) in [7, 11) is 0. The lowest BCUT2D eigenvalue weighted by molar-refractivity contribution is 0.591. The maximum atomic E-state index is 2.43. The van der Waals surface area contributed by atoms with Gasteiger partial charge in [0.05, 0.1) is 0 Å². The van der Waals surface area contributed by atoms with E-state index in [0.717, 1.165) is 0 Å². The van der Waals surface area contributed by atoms with Gasteiger partial charge in [-0.3, -0.25) is 0 Å². The molecular formula is C47H38. The van der Waals surface area contributed by atoms with E-state index in [2.05, 4.69) is 174 Å². The Morgan fingerprint density at radius 3 is 1.68 bits per heavy atom. The molecule has 0 bridgehead atoms. The SMILES string of the molecule is CC(C)(C)c1cc2ccc3ccc(-c4cccc(-c5ccccc5-c5ccc6c(c5)C(C)(C)c5ccccc5-6)c4)c4ccc(c1)c2c34. The molecule has 47 heavy (non-hydrogen) atoms. The van der Waals surface area contributed by atoms with Crippen molar-refractivity contribution in [1.82, 2.24) is 0 Å². The zero-order chi connectivity index (χ0) is 32.1. The molecule has 8 aromatic carbocycles. The summed E-state index contributed by atoms with van der Waals surface area (Å²) in [6, 6.07) is 52.7. The average Bonchev–Trinajstić information content (AvgIpc) is 3.32. The molecule has 0 aliphatic heterocycles. The molecule has 1 aliphatic carbocycles. The van der Waals surface area contributed by atoms with E-state index in [9.17, 15) is 0 Å². The molecular weight excluding hydrogens is 565 g/mol. The summed E-state index contributed by atoms with van der Waals surface area (Å²) in [5, 5.41) is 8.00. The molecule has 0 atom stereocenters. The maximum absolute atomic E-state index is 2.43. The topological polar surface area (TPSA) is 0 Å². The number of benzene rings is 8. The zero-order valence-electron chi connectivity index (χ0n) is 27.8. The van der Waals surface area contributed by atoms with Crippen LogP contribution in [0, 0.1) is 0 Å². The monoisotopic (exact) mass is 602 g/mol. The first-order valence-electron chi connectivity index (χ1n) is 16.9. The molecule has 0 heteroatoms. The third-order valence-corrected chi connectivity index (χ3v) is 10.8. The van der Waals surface area contributed by atoms with Gasteiger partial charge in [0.1, 0.15) is 0 Å². The van der Waals surface area contributed by atoms with E-state index in [1.807, 2.05) is 0 Å². The van der Waals surface area contributed by atoms with Crippen molar-refractivity contribution in [3.05, 3.63) is 156 Å². The summed E-state index contributed by atoms with van der Waals surface area (Å²) in [6.45, 7) is 11.6. The smallest absolute Gasteiger partial charge is 0.0159 e. The highest BCUT2D eigenvalue weighted by molar-refractivity contribution is 6.25. The van der Waals surface area contributed by atoms with Crippen molar-refractivity contribution in [3.63, 3.8) is 0 Å². The fraction of sp³-hybridized carbons (Fsp3) is 0.149. The Hall–Kier alpha value is -5.20. The van der Waals surface area contributed by atoms with Gasteiger partial charge in [-0.25, -0.2) is 0 Å². The quantitative estimate of drug-likeness (QED) is 0.177. The molecule has 8 aromatic rings. The van der Waals surface area contributed by atoms with Crippen LogP contribution in [0.2, 0.25) is 0 Å². The minimum Gasteiger partial charge on any atom is -0.0619 e. The van der Waals surface area contributed by atoms with Crippen molar-refractivity contribution in [1.29, 1.82) is 0 Å². The molecule has 0 radical (unpaired) electrons. The minimum absolute atomic E-state index is 0.0276. The van der Waals surface area contributed by atoms with Crippen molar-refractivity contribution in [3.8, 4) is 44.5 Å². The van der Waals surface area contributed by atoms with Gasteiger partial charge in [-0.15, -0.1) is 0 Å². The number of fused-ring (bicyclic) bond motifs is 3. The lowest BCUT2D eigenvalue weighted by Gasteiger charge is -2.22. The predicted molar refractivity (Wildman–Crippen MR) is 203 cm³/mol. The van der Waals surface area contributed by atoms with E-state index in [1.165, 1.54) is 93.5 Å². The first kappa shape index (κ1) is 28.1. The van der Waals surface area contributed by atoms with E-state index < -0.39 is 0 Å². The first-order chi connectivity index (χ1) is 22.7. The second-order valence-electron chi connectivity index (χ2n) is 15.0. The van der Waals surface area contributed by atoms with Crippen LogP contribution in [-0.2, 0) is 10.8 Å². The summed E-state index contributed by atoms with van der Waals surface area (Å²) < 4.78 is 0. The Balaban J connectivity index is 1.18. The number of hydrogen-bond acceptors (Lipinski definition) is 0. The van der Waals surface area contributed by atoms with Gasteiger partial charge in [0.2, 0.25) is 0 Å². The molecule has 0 fully saturated rings. The molecule has 9 rings (SSSR count). The first-order valence-corrected chi connectivity index (χ1v) is 16.9. The van der Waals surface area contributed by atoms with Crippen LogP contribution in [0.5, 0.6) is 0 Å². The fourth-order valence-corrected chi connectivity index (χ4v) is 8.22. The lowest BCUT2D eigenvalue weighted by Crippen LogP contribution is -2.14. The van der Waals surface area contributed by atoms with Crippen molar-refractivity contribution in [2.45, 2.75) is 45.4 Å². The fourth-order valence-electron chi connectivity index (χ4n) is 8.22. The Bertz CT molecular complexity index is 2500. The second-order valence-corrected chi connectivity index (χ2v) is 15.0. The summed E-state index contributed by atoms with van der Waals surface area (Å²) >= 11 is 0. The summed E-state index contributed by atoms with van der Waals surface area (Å²) in [4.78, 5) is 0. The van der Waals surface area contributed by atoms with Crippen molar-refractivity contribution >= 4 is 32.3 Å². The molecule has 0 nitrogen and oxygen atoms in total. The summed E-state index contributed by atoms with van der Waals surface area (Å²) in [5.74, 6) is 0. The highest BCUT2D eigenvalue weighted by Crippen LogP contribution is 2.50. The van der Waals surface area contributed by atoms with Gasteiger partial charge >= 0.3 is 0 Å². The number of rotatable bonds is 3. The van der Waals surface area contributed by atoms with Crippen LogP contribution in [0.3, 0.4) is 0 Å². The molecule has 0 amide bonds. The number of hydrogen-bond donors (Lipinski definition) is 0. The summed E-state index contributed by atoms with van der Waals surface area (Å²) in [5.41, 5.74) is 14.6. The van der Waals surface area contributed by atoms with Crippen molar-refractivity contribution in [2.75, 3.05) is 0 Å². The predicted octanol–water partition coefficient (Wildman–Crippen LogP) is 13.2. The van der Waals surface area contributed by atoms with Gasteiger partial charge in [-0.1, -0.05) is 162 Å². The second kappa shape index (κ2) is 9.90. The Morgan fingerprint density at radius 2 is 0.957 bits per heavy atom. The molecule has 0 N–H and O–H groups in total. The van der Waals surface area contributed by atoms with Crippen molar-refractivity contribution < 1.29 is 0 Å². The van der Waals surface area contributed by atoms with E-state index >= 15 is 0 Å². The van der Waals surface area contributed by atoms with E-state index in [4.69, 9.17) is 0 Å². The van der Waals surface area contributed by atoms with Gasteiger partial charge in [-0.05, 0) is 111 Å². The molecule has 0 aromatic heterocycles. The third-order valence-electron chi connectivity index (χ3n) is 10.8. The molecule has 0 saturated heterocycles. The van der Waals surface area contributed by atoms with Gasteiger partial charge in [-0.2, -0.15) is 0 Å². The van der Waals surface area contributed by atoms with Crippen LogP contribution in [0.1, 0.15) is 51.3 Å². The highest BCUT2D eigenvalue weighted by atomic mass is 14.4. The van der Waals surface area contributed by atoms with Crippen molar-refractivity contribution in [2.24, 2.45) is 0 Å². The lowest BCUT2D eigenvalue weighted by atomic mass is 9.81. The highest BCUT2D eigenvalue weighted by Gasteiger charge is 2.35. The van der Waals surface area contributed by atoms with Crippen LogP contribution in [-0.4, -0.2) is 0 Å². The van der Waals surface area contributed by atoms with Crippen LogP contribution in [0.15, 0.2) is 140 Å². The van der Waals surface area contributed by atoms with E-state index in [-0.39, 0.29) is 10.8 Å². The van der Waals surface area contributed by atoms with Crippen LogP contribution in [0.4, 0.5) is 0 Å². The van der Waals surface area contributed by atoms with Crippen LogP contribution >= 0.6 is 0 Å². The maximum Gasteiger partial charge on any atom is 0.0159 e. The van der Waals surface area contributed by atoms with Crippen LogP contribution in [0.25, 0.3) is 76.8 Å². The normalized spacial score (nSPS) is 13.8. The molecule has 0 unspecified atom stereocenters. The molecule has 0 saturated carbocycles. The standard InChI is InChI=1S/C47H38/c1-46(2,3)35-26-33-18-17-29-19-22-38(41-24-21-34(27-35)44(33)45(29)41)31-12-10-11-30(25-31)36-13-6-7-14-37(36)32-20-23-40-39-15-8-9-16-42(39)47(4,5)43(40)28-32/h6-28H,1-5H3. The van der Waals surface area contributed by atoms with E-state index in [1.54, 1.807) is 0 Å². The Labute approximate surface area is 277 Å². The average molecular weight is 603 g/mol. The van der Waals surface area contributed by atoms with Gasteiger partial charge in [0.25, 0.3) is 0 Å². The molecule has 0 heterocycles. The summed E-state index contributed by atoms with van der Waals surface area (Å²) in [6.07, 6.45) is 0. The largest absolute Gasteiger partial charge is 0.0619 e. The molecule has 0 spiro atoms. The molecule has 1 aliphatic rings. The zero-order valence-corrected chi connectivity index (χ0v) is 27.8. The Kier molecular flexibility index (Phi) is 5.91. The molecule has 226 valence electrons. The third kappa shape index (κ3) is 4.21.